The first-order valence-corrected chi connectivity index (χ1v) is 4.98. The van der Waals surface area contributed by atoms with Gasteiger partial charge in [-0.1, -0.05) is 22.9 Å². The summed E-state index contributed by atoms with van der Waals surface area (Å²) in [4.78, 5) is 3.79. The van der Waals surface area contributed by atoms with Crippen LogP contribution in [0.2, 0.25) is 5.15 Å². The van der Waals surface area contributed by atoms with E-state index in [-0.39, 0.29) is 5.15 Å². The standard InChI is InChI=1S/C8H5ClFN3S/c1-4-12-13-8(14-4)5-3-11-7(9)2-6(5)10/h2-3H,1H3. The SMILES string of the molecule is Cc1nnc(-c2cnc(Cl)cc2F)s1. The van der Waals surface area contributed by atoms with Crippen molar-refractivity contribution >= 4 is 22.9 Å². The highest BCUT2D eigenvalue weighted by atomic mass is 35.5. The number of halogens is 2. The zero-order chi connectivity index (χ0) is 10.1. The van der Waals surface area contributed by atoms with E-state index in [2.05, 4.69) is 15.2 Å². The van der Waals surface area contributed by atoms with Crippen molar-refractivity contribution in [2.75, 3.05) is 0 Å². The molecule has 2 heterocycles. The van der Waals surface area contributed by atoms with Crippen LogP contribution in [0.3, 0.4) is 0 Å². The van der Waals surface area contributed by atoms with Crippen LogP contribution < -0.4 is 0 Å². The molecular formula is C8H5ClFN3S. The quantitative estimate of drug-likeness (QED) is 0.706. The van der Waals surface area contributed by atoms with Gasteiger partial charge in [0.2, 0.25) is 0 Å². The van der Waals surface area contributed by atoms with Crippen molar-refractivity contribution in [2.45, 2.75) is 6.92 Å². The molecule has 3 nitrogen and oxygen atoms in total. The zero-order valence-corrected chi connectivity index (χ0v) is 8.73. The Morgan fingerprint density at radius 3 is 2.79 bits per heavy atom. The maximum absolute atomic E-state index is 13.4. The highest BCUT2D eigenvalue weighted by Crippen LogP contribution is 2.26. The Morgan fingerprint density at radius 1 is 1.43 bits per heavy atom. The van der Waals surface area contributed by atoms with E-state index in [4.69, 9.17) is 11.6 Å². The lowest BCUT2D eigenvalue weighted by Gasteiger charge is -1.96. The van der Waals surface area contributed by atoms with E-state index in [1.54, 1.807) is 0 Å². The van der Waals surface area contributed by atoms with Gasteiger partial charge in [0.25, 0.3) is 0 Å². The molecule has 2 aromatic heterocycles. The maximum atomic E-state index is 13.4. The van der Waals surface area contributed by atoms with Crippen LogP contribution in [-0.2, 0) is 0 Å². The van der Waals surface area contributed by atoms with Crippen molar-refractivity contribution in [1.29, 1.82) is 0 Å². The second-order valence-electron chi connectivity index (χ2n) is 2.61. The van der Waals surface area contributed by atoms with Crippen LogP contribution in [0, 0.1) is 12.7 Å². The van der Waals surface area contributed by atoms with Crippen molar-refractivity contribution in [3.05, 3.63) is 28.2 Å². The van der Waals surface area contributed by atoms with E-state index in [0.29, 0.717) is 10.6 Å². The van der Waals surface area contributed by atoms with Crippen LogP contribution in [0.1, 0.15) is 5.01 Å². The minimum Gasteiger partial charge on any atom is -0.244 e. The Balaban J connectivity index is 2.52. The molecule has 0 aromatic carbocycles. The van der Waals surface area contributed by atoms with Crippen molar-refractivity contribution < 1.29 is 4.39 Å². The summed E-state index contributed by atoms with van der Waals surface area (Å²) >= 11 is 6.84. The second-order valence-corrected chi connectivity index (χ2v) is 4.18. The predicted octanol–water partition coefficient (Wildman–Crippen LogP) is 2.70. The van der Waals surface area contributed by atoms with Crippen molar-refractivity contribution in [2.24, 2.45) is 0 Å². The van der Waals surface area contributed by atoms with Gasteiger partial charge in [0, 0.05) is 12.3 Å². The van der Waals surface area contributed by atoms with Crippen LogP contribution in [0.25, 0.3) is 10.6 Å². The van der Waals surface area contributed by atoms with E-state index < -0.39 is 5.82 Å². The van der Waals surface area contributed by atoms with Crippen molar-refractivity contribution in [1.82, 2.24) is 15.2 Å². The lowest BCUT2D eigenvalue weighted by molar-refractivity contribution is 0.629. The summed E-state index contributed by atoms with van der Waals surface area (Å²) < 4.78 is 13.4. The van der Waals surface area contributed by atoms with E-state index in [0.717, 1.165) is 11.1 Å². The Morgan fingerprint density at radius 2 is 2.21 bits per heavy atom. The number of pyridine rings is 1. The smallest absolute Gasteiger partial charge is 0.152 e. The van der Waals surface area contributed by atoms with Gasteiger partial charge in [-0.15, -0.1) is 10.2 Å². The summed E-state index contributed by atoms with van der Waals surface area (Å²) in [6.07, 6.45) is 1.36. The minimum atomic E-state index is -0.429. The first kappa shape index (κ1) is 9.48. The highest BCUT2D eigenvalue weighted by Gasteiger charge is 2.10. The second kappa shape index (κ2) is 3.59. The third-order valence-electron chi connectivity index (χ3n) is 1.58. The Bertz CT molecular complexity index is 471. The van der Waals surface area contributed by atoms with Gasteiger partial charge >= 0.3 is 0 Å². The third-order valence-corrected chi connectivity index (χ3v) is 2.66. The fraction of sp³-hybridized carbons (Fsp3) is 0.125. The molecule has 0 atom stereocenters. The first-order chi connectivity index (χ1) is 6.66. The average Bonchev–Trinajstić information content (AvgIpc) is 2.51. The predicted molar refractivity (Wildman–Crippen MR) is 52.8 cm³/mol. The molecule has 0 unspecified atom stereocenters. The van der Waals surface area contributed by atoms with Crippen LogP contribution in [0.4, 0.5) is 4.39 Å². The number of nitrogens with zero attached hydrogens (tertiary/aromatic N) is 3. The minimum absolute atomic E-state index is 0.132. The van der Waals surface area contributed by atoms with Gasteiger partial charge < -0.3 is 0 Å². The van der Waals surface area contributed by atoms with Gasteiger partial charge in [0.1, 0.15) is 16.0 Å². The summed E-state index contributed by atoms with van der Waals surface area (Å²) in [5.74, 6) is -0.429. The third kappa shape index (κ3) is 1.73. The first-order valence-electron chi connectivity index (χ1n) is 3.78. The van der Waals surface area contributed by atoms with E-state index in [1.165, 1.54) is 17.5 Å². The highest BCUT2D eigenvalue weighted by molar-refractivity contribution is 7.14. The molecule has 0 aliphatic carbocycles. The summed E-state index contributed by atoms with van der Waals surface area (Å²) in [5.41, 5.74) is 0.333. The molecule has 2 aromatic rings. The van der Waals surface area contributed by atoms with Gasteiger partial charge in [0.15, 0.2) is 5.01 Å². The molecular weight excluding hydrogens is 225 g/mol. The topological polar surface area (TPSA) is 38.7 Å². The molecule has 72 valence electrons. The van der Waals surface area contributed by atoms with Gasteiger partial charge in [-0.3, -0.25) is 0 Å². The fourth-order valence-corrected chi connectivity index (χ4v) is 1.82. The molecule has 0 aliphatic rings. The molecule has 0 aliphatic heterocycles. The van der Waals surface area contributed by atoms with E-state index in [9.17, 15) is 4.39 Å². The number of hydrogen-bond acceptors (Lipinski definition) is 4. The van der Waals surface area contributed by atoms with Crippen molar-refractivity contribution in [3.8, 4) is 10.6 Å². The molecule has 0 saturated heterocycles. The number of rotatable bonds is 1. The molecule has 6 heteroatoms. The molecule has 14 heavy (non-hydrogen) atoms. The van der Waals surface area contributed by atoms with Gasteiger partial charge in [-0.05, 0) is 6.92 Å². The number of aryl methyl sites for hydroxylation is 1. The molecule has 0 radical (unpaired) electrons. The molecule has 0 spiro atoms. The van der Waals surface area contributed by atoms with Crippen molar-refractivity contribution in [3.63, 3.8) is 0 Å². The molecule has 0 N–H and O–H groups in total. The Kier molecular flexibility index (Phi) is 2.43. The normalized spacial score (nSPS) is 10.5. The summed E-state index contributed by atoms with van der Waals surface area (Å²) in [7, 11) is 0. The van der Waals surface area contributed by atoms with Crippen LogP contribution in [0.5, 0.6) is 0 Å². The summed E-state index contributed by atoms with van der Waals surface area (Å²) in [5, 5.41) is 9.06. The molecule has 0 amide bonds. The molecule has 0 fully saturated rings. The Hall–Kier alpha value is -1.07. The fourth-order valence-electron chi connectivity index (χ4n) is 0.970. The molecule has 0 bridgehead atoms. The maximum Gasteiger partial charge on any atom is 0.152 e. The largest absolute Gasteiger partial charge is 0.244 e. The number of hydrogen-bond donors (Lipinski definition) is 0. The van der Waals surface area contributed by atoms with E-state index >= 15 is 0 Å². The average molecular weight is 230 g/mol. The van der Waals surface area contributed by atoms with Crippen LogP contribution in [0.15, 0.2) is 12.3 Å². The molecule has 0 saturated carbocycles. The summed E-state index contributed by atoms with van der Waals surface area (Å²) in [6, 6.07) is 1.16. The van der Waals surface area contributed by atoms with Crippen LogP contribution in [-0.4, -0.2) is 15.2 Å². The van der Waals surface area contributed by atoms with Gasteiger partial charge in [0.05, 0.1) is 5.56 Å². The summed E-state index contributed by atoms with van der Waals surface area (Å²) in [6.45, 7) is 1.81. The van der Waals surface area contributed by atoms with Gasteiger partial charge in [-0.25, -0.2) is 9.37 Å². The zero-order valence-electron chi connectivity index (χ0n) is 7.16. The van der Waals surface area contributed by atoms with Crippen LogP contribution >= 0.6 is 22.9 Å². The van der Waals surface area contributed by atoms with E-state index in [1.807, 2.05) is 6.92 Å². The molecule has 2 rings (SSSR count). The lowest BCUT2D eigenvalue weighted by atomic mass is 10.3. The van der Waals surface area contributed by atoms with Gasteiger partial charge in [-0.2, -0.15) is 0 Å². The number of aromatic nitrogens is 3. The lowest BCUT2D eigenvalue weighted by Crippen LogP contribution is -1.86. The monoisotopic (exact) mass is 229 g/mol. The Labute approximate surface area is 88.6 Å².